The van der Waals surface area contributed by atoms with Gasteiger partial charge in [0.2, 0.25) is 5.91 Å². The van der Waals surface area contributed by atoms with Crippen molar-refractivity contribution in [3.63, 3.8) is 0 Å². The fourth-order valence-corrected chi connectivity index (χ4v) is 2.22. The molecule has 0 saturated heterocycles. The van der Waals surface area contributed by atoms with Gasteiger partial charge in [-0.25, -0.2) is 15.0 Å². The standard InChI is InChI=1S/C14H17N5O/c20-14(11-3-1-4-11)18-8-10-19-9-7-17-13(19)12-15-5-2-6-16-12/h2,5-7,9,11H,1,3-4,8,10H2,(H,18,20). The van der Waals surface area contributed by atoms with Gasteiger partial charge >= 0.3 is 0 Å². The number of hydrogen-bond acceptors (Lipinski definition) is 4. The van der Waals surface area contributed by atoms with Crippen LogP contribution in [0.5, 0.6) is 0 Å². The Hall–Kier alpha value is -2.24. The first kappa shape index (κ1) is 12.8. The molecule has 0 aromatic carbocycles. The van der Waals surface area contributed by atoms with Crippen molar-refractivity contribution in [3.8, 4) is 11.6 Å². The van der Waals surface area contributed by atoms with E-state index in [4.69, 9.17) is 0 Å². The summed E-state index contributed by atoms with van der Waals surface area (Å²) in [7, 11) is 0. The van der Waals surface area contributed by atoms with Crippen molar-refractivity contribution in [2.24, 2.45) is 5.92 Å². The van der Waals surface area contributed by atoms with Crippen LogP contribution in [-0.4, -0.2) is 32.0 Å². The molecule has 20 heavy (non-hydrogen) atoms. The molecule has 1 aliphatic rings. The number of nitrogens with one attached hydrogen (secondary N) is 1. The van der Waals surface area contributed by atoms with Crippen molar-refractivity contribution >= 4 is 5.91 Å². The molecular weight excluding hydrogens is 254 g/mol. The van der Waals surface area contributed by atoms with E-state index in [0.29, 0.717) is 18.9 Å². The van der Waals surface area contributed by atoms with Crippen LogP contribution in [0.3, 0.4) is 0 Å². The molecule has 2 aromatic rings. The lowest BCUT2D eigenvalue weighted by molar-refractivity contribution is -0.127. The van der Waals surface area contributed by atoms with E-state index in [1.54, 1.807) is 24.7 Å². The molecule has 0 aliphatic heterocycles. The van der Waals surface area contributed by atoms with Crippen LogP contribution in [0.2, 0.25) is 0 Å². The van der Waals surface area contributed by atoms with Gasteiger partial charge in [-0.3, -0.25) is 4.79 Å². The molecule has 0 unspecified atom stereocenters. The van der Waals surface area contributed by atoms with Crippen LogP contribution in [-0.2, 0) is 11.3 Å². The number of imidazole rings is 1. The highest BCUT2D eigenvalue weighted by Gasteiger charge is 2.24. The Bertz CT molecular complexity index is 576. The number of amides is 1. The van der Waals surface area contributed by atoms with Crippen LogP contribution in [0.4, 0.5) is 0 Å². The number of aromatic nitrogens is 4. The topological polar surface area (TPSA) is 72.7 Å². The number of nitrogens with zero attached hydrogens (tertiary/aromatic N) is 4. The van der Waals surface area contributed by atoms with Crippen LogP contribution in [0.25, 0.3) is 11.6 Å². The van der Waals surface area contributed by atoms with Crippen LogP contribution < -0.4 is 5.32 Å². The molecule has 104 valence electrons. The Morgan fingerprint density at radius 2 is 2.05 bits per heavy atom. The van der Waals surface area contributed by atoms with Gasteiger partial charge in [-0.1, -0.05) is 6.42 Å². The summed E-state index contributed by atoms with van der Waals surface area (Å²) >= 11 is 0. The molecule has 1 aliphatic carbocycles. The average Bonchev–Trinajstić information content (AvgIpc) is 2.86. The van der Waals surface area contributed by atoms with Gasteiger partial charge in [-0.05, 0) is 18.9 Å². The molecule has 1 saturated carbocycles. The predicted octanol–water partition coefficient (Wildman–Crippen LogP) is 1.26. The maximum Gasteiger partial charge on any atom is 0.223 e. The van der Waals surface area contributed by atoms with Gasteiger partial charge in [-0.2, -0.15) is 0 Å². The first-order valence-corrected chi connectivity index (χ1v) is 6.91. The van der Waals surface area contributed by atoms with Crippen molar-refractivity contribution < 1.29 is 4.79 Å². The number of rotatable bonds is 5. The van der Waals surface area contributed by atoms with Gasteiger partial charge in [0.05, 0.1) is 0 Å². The predicted molar refractivity (Wildman–Crippen MR) is 73.6 cm³/mol. The van der Waals surface area contributed by atoms with Crippen LogP contribution >= 0.6 is 0 Å². The number of carbonyl (C=O) groups is 1. The summed E-state index contributed by atoms with van der Waals surface area (Å²) in [6.07, 6.45) is 10.2. The summed E-state index contributed by atoms with van der Waals surface area (Å²) in [4.78, 5) is 24.4. The third-order valence-corrected chi connectivity index (χ3v) is 3.61. The molecule has 1 amide bonds. The third kappa shape index (κ3) is 2.68. The molecular formula is C14H17N5O. The Morgan fingerprint density at radius 1 is 1.25 bits per heavy atom. The minimum Gasteiger partial charge on any atom is -0.354 e. The summed E-state index contributed by atoms with van der Waals surface area (Å²) in [6.45, 7) is 1.28. The SMILES string of the molecule is O=C(NCCn1ccnc1-c1ncccn1)C1CCC1. The normalized spacial score (nSPS) is 14.8. The van der Waals surface area contributed by atoms with E-state index in [-0.39, 0.29) is 11.8 Å². The molecule has 6 heteroatoms. The lowest BCUT2D eigenvalue weighted by atomic mass is 9.85. The van der Waals surface area contributed by atoms with E-state index in [9.17, 15) is 4.79 Å². The molecule has 1 fully saturated rings. The van der Waals surface area contributed by atoms with Gasteiger partial charge in [-0.15, -0.1) is 0 Å². The maximum atomic E-state index is 11.7. The smallest absolute Gasteiger partial charge is 0.223 e. The molecule has 0 bridgehead atoms. The quantitative estimate of drug-likeness (QED) is 0.888. The van der Waals surface area contributed by atoms with E-state index in [1.165, 1.54) is 6.42 Å². The van der Waals surface area contributed by atoms with Gasteiger partial charge in [0.25, 0.3) is 0 Å². The molecule has 2 aromatic heterocycles. The fourth-order valence-electron chi connectivity index (χ4n) is 2.22. The Morgan fingerprint density at radius 3 is 2.75 bits per heavy atom. The molecule has 3 rings (SSSR count). The van der Waals surface area contributed by atoms with Crippen LogP contribution in [0.1, 0.15) is 19.3 Å². The molecule has 2 heterocycles. The molecule has 6 nitrogen and oxygen atoms in total. The minimum absolute atomic E-state index is 0.175. The Labute approximate surface area is 117 Å². The van der Waals surface area contributed by atoms with Crippen LogP contribution in [0, 0.1) is 5.92 Å². The highest BCUT2D eigenvalue weighted by atomic mass is 16.1. The second-order valence-electron chi connectivity index (χ2n) is 4.94. The fraction of sp³-hybridized carbons (Fsp3) is 0.429. The Balaban J connectivity index is 1.58. The first-order chi connectivity index (χ1) is 9.84. The highest BCUT2D eigenvalue weighted by molar-refractivity contribution is 5.79. The van der Waals surface area contributed by atoms with E-state index >= 15 is 0 Å². The maximum absolute atomic E-state index is 11.7. The lowest BCUT2D eigenvalue weighted by Crippen LogP contribution is -2.36. The Kier molecular flexibility index (Phi) is 3.71. The van der Waals surface area contributed by atoms with E-state index in [0.717, 1.165) is 18.7 Å². The molecule has 0 radical (unpaired) electrons. The van der Waals surface area contributed by atoms with Gasteiger partial charge in [0.15, 0.2) is 11.6 Å². The van der Waals surface area contributed by atoms with Crippen molar-refractivity contribution in [1.82, 2.24) is 24.8 Å². The lowest BCUT2D eigenvalue weighted by Gasteiger charge is -2.24. The van der Waals surface area contributed by atoms with Crippen molar-refractivity contribution in [2.45, 2.75) is 25.8 Å². The second-order valence-corrected chi connectivity index (χ2v) is 4.94. The van der Waals surface area contributed by atoms with Crippen LogP contribution in [0.15, 0.2) is 30.9 Å². The summed E-state index contributed by atoms with van der Waals surface area (Å²) in [5.74, 6) is 1.73. The van der Waals surface area contributed by atoms with Crippen molar-refractivity contribution in [3.05, 3.63) is 30.9 Å². The zero-order valence-electron chi connectivity index (χ0n) is 11.2. The summed E-state index contributed by atoms with van der Waals surface area (Å²) < 4.78 is 1.95. The zero-order valence-corrected chi connectivity index (χ0v) is 11.2. The van der Waals surface area contributed by atoms with Crippen molar-refractivity contribution in [2.75, 3.05) is 6.54 Å². The minimum atomic E-state index is 0.175. The number of hydrogen-bond donors (Lipinski definition) is 1. The molecule has 0 atom stereocenters. The molecule has 1 N–H and O–H groups in total. The third-order valence-electron chi connectivity index (χ3n) is 3.61. The number of carbonyl (C=O) groups excluding carboxylic acids is 1. The second kappa shape index (κ2) is 5.81. The average molecular weight is 271 g/mol. The van der Waals surface area contributed by atoms with Crippen molar-refractivity contribution in [1.29, 1.82) is 0 Å². The summed E-state index contributed by atoms with van der Waals surface area (Å²) in [5, 5.41) is 2.97. The van der Waals surface area contributed by atoms with Gasteiger partial charge in [0.1, 0.15) is 0 Å². The monoisotopic (exact) mass is 271 g/mol. The molecule has 0 spiro atoms. The van der Waals surface area contributed by atoms with E-state index in [2.05, 4.69) is 20.3 Å². The van der Waals surface area contributed by atoms with Gasteiger partial charge < -0.3 is 9.88 Å². The van der Waals surface area contributed by atoms with E-state index < -0.39 is 0 Å². The summed E-state index contributed by atoms with van der Waals surface area (Å²) in [6, 6.07) is 1.77. The largest absolute Gasteiger partial charge is 0.354 e. The van der Waals surface area contributed by atoms with E-state index in [1.807, 2.05) is 10.8 Å². The summed E-state index contributed by atoms with van der Waals surface area (Å²) in [5.41, 5.74) is 0. The van der Waals surface area contributed by atoms with Gasteiger partial charge in [0, 0.05) is 43.8 Å². The highest BCUT2D eigenvalue weighted by Crippen LogP contribution is 2.26. The first-order valence-electron chi connectivity index (χ1n) is 6.91. The zero-order chi connectivity index (χ0) is 13.8.